The summed E-state index contributed by atoms with van der Waals surface area (Å²) >= 11 is 0. The van der Waals surface area contributed by atoms with E-state index in [-0.39, 0.29) is 13.4 Å². The fraction of sp³-hybridized carbons (Fsp3) is 0.333. The highest BCUT2D eigenvalue weighted by Gasteiger charge is 2.27. The minimum atomic E-state index is -0.462. The molecule has 216 valence electrons. The summed E-state index contributed by atoms with van der Waals surface area (Å²) in [6, 6.07) is 26.0. The van der Waals surface area contributed by atoms with Crippen molar-refractivity contribution < 1.29 is 14.5 Å². The van der Waals surface area contributed by atoms with Crippen molar-refractivity contribution in [1.29, 1.82) is 0 Å². The molecule has 0 aromatic heterocycles. The maximum Gasteiger partial charge on any atom is 0.311 e. The van der Waals surface area contributed by atoms with Crippen LogP contribution in [0.4, 0.5) is 11.4 Å². The molecule has 0 radical (unpaired) electrons. The van der Waals surface area contributed by atoms with Gasteiger partial charge in [0.2, 0.25) is 5.71 Å². The van der Waals surface area contributed by atoms with Crippen molar-refractivity contribution in [3.63, 3.8) is 0 Å². The second-order valence-corrected chi connectivity index (χ2v) is 11.3. The molecule has 0 atom stereocenters. The number of nitrogens with one attached hydrogen (secondary N) is 1. The Hall–Kier alpha value is -4.12. The Kier molecular flexibility index (Phi) is 10.3. The second-order valence-electron chi connectivity index (χ2n) is 11.3. The molecule has 3 aromatic carbocycles. The molecule has 0 aliphatic heterocycles. The van der Waals surface area contributed by atoms with E-state index in [1.807, 2.05) is 20.8 Å². The number of rotatable bonds is 9. The standard InChI is InChI=1S/C35H41N3O2.CH4/c1-8-35(2,3)34(39)40-24-23-36-32-22-21-31(29-11-9-10-12-30(29)32)33(25-13-17-27(18-14-25)37(4)5)26-15-19-28(20-16-26)38(6)7;/h9-22H,8,23-24H2,1-7H3;1H4/p+1. The lowest BCUT2D eigenvalue weighted by atomic mass is 9.83. The third-order valence-corrected chi connectivity index (χ3v) is 7.63. The lowest BCUT2D eigenvalue weighted by Crippen LogP contribution is -2.74. The van der Waals surface area contributed by atoms with E-state index in [1.165, 1.54) is 39.2 Å². The van der Waals surface area contributed by atoms with Gasteiger partial charge in [-0.3, -0.25) is 4.79 Å². The van der Waals surface area contributed by atoms with E-state index in [2.05, 4.69) is 128 Å². The van der Waals surface area contributed by atoms with Crippen molar-refractivity contribution in [3.05, 3.63) is 107 Å². The smallest absolute Gasteiger partial charge is 0.311 e. The summed E-state index contributed by atoms with van der Waals surface area (Å²) in [6.07, 6.45) is 5.09. The molecule has 0 saturated carbocycles. The molecule has 4 rings (SSSR count). The van der Waals surface area contributed by atoms with Crippen LogP contribution in [0.25, 0.3) is 11.1 Å². The van der Waals surface area contributed by atoms with Crippen molar-refractivity contribution in [2.45, 2.75) is 34.6 Å². The maximum absolute atomic E-state index is 12.4. The molecule has 1 N–H and O–H groups in total. The fourth-order valence-corrected chi connectivity index (χ4v) is 4.67. The number of nitrogens with zero attached hydrogens (tertiary/aromatic N) is 2. The highest BCUT2D eigenvalue weighted by molar-refractivity contribution is 6.17. The molecular formula is C36H46N3O2+. The van der Waals surface area contributed by atoms with Crippen molar-refractivity contribution in [2.24, 2.45) is 5.41 Å². The van der Waals surface area contributed by atoms with Gasteiger partial charge in [-0.05, 0) is 84.5 Å². The van der Waals surface area contributed by atoms with Gasteiger partial charge in [0.15, 0.2) is 6.54 Å². The van der Waals surface area contributed by atoms with Gasteiger partial charge < -0.3 is 14.5 Å². The quantitative estimate of drug-likeness (QED) is 0.268. The summed E-state index contributed by atoms with van der Waals surface area (Å²) < 4.78 is 5.55. The van der Waals surface area contributed by atoms with E-state index in [9.17, 15) is 4.79 Å². The van der Waals surface area contributed by atoms with Gasteiger partial charge in [-0.1, -0.05) is 56.8 Å². The number of carbonyl (C=O) groups excluding carboxylic acids is 1. The van der Waals surface area contributed by atoms with Crippen molar-refractivity contribution in [1.82, 2.24) is 0 Å². The minimum absolute atomic E-state index is 0. The van der Waals surface area contributed by atoms with E-state index in [0.717, 1.165) is 17.7 Å². The van der Waals surface area contributed by atoms with Crippen LogP contribution in [0.5, 0.6) is 0 Å². The summed E-state index contributed by atoms with van der Waals surface area (Å²) in [5.74, 6) is -0.156. The van der Waals surface area contributed by atoms with Gasteiger partial charge in [0.05, 0.1) is 11.0 Å². The van der Waals surface area contributed by atoms with Crippen molar-refractivity contribution >= 4 is 34.2 Å². The molecule has 1 aliphatic rings. The van der Waals surface area contributed by atoms with Gasteiger partial charge in [-0.2, -0.15) is 0 Å². The predicted octanol–water partition coefficient (Wildman–Crippen LogP) is 5.83. The van der Waals surface area contributed by atoms with Crippen LogP contribution in [0.1, 0.15) is 56.9 Å². The number of hydrogen-bond donors (Lipinski definition) is 1. The largest absolute Gasteiger partial charge is 0.459 e. The number of esters is 1. The van der Waals surface area contributed by atoms with Gasteiger partial charge in [-0.25, -0.2) is 4.99 Å². The lowest BCUT2D eigenvalue weighted by Gasteiger charge is -2.21. The van der Waals surface area contributed by atoms with Crippen LogP contribution in [0.3, 0.4) is 0 Å². The number of fused-ring (bicyclic) bond motifs is 1. The molecule has 0 saturated heterocycles. The van der Waals surface area contributed by atoms with Gasteiger partial charge in [0, 0.05) is 45.6 Å². The predicted molar refractivity (Wildman–Crippen MR) is 175 cm³/mol. The first-order valence-electron chi connectivity index (χ1n) is 14.0. The summed E-state index contributed by atoms with van der Waals surface area (Å²) in [6.45, 7) is 6.72. The van der Waals surface area contributed by atoms with E-state index < -0.39 is 5.41 Å². The Morgan fingerprint density at radius 2 is 1.29 bits per heavy atom. The summed E-state index contributed by atoms with van der Waals surface area (Å²) in [5.41, 5.74) is 9.89. The normalized spacial score (nSPS) is 13.3. The molecule has 41 heavy (non-hydrogen) atoms. The van der Waals surface area contributed by atoms with Gasteiger partial charge in [-0.15, -0.1) is 0 Å². The Morgan fingerprint density at radius 1 is 0.780 bits per heavy atom. The highest BCUT2D eigenvalue weighted by atomic mass is 16.5. The van der Waals surface area contributed by atoms with Gasteiger partial charge in [0.25, 0.3) is 0 Å². The molecule has 0 amide bonds. The van der Waals surface area contributed by atoms with Crippen LogP contribution in [0.15, 0.2) is 84.9 Å². The van der Waals surface area contributed by atoms with Crippen molar-refractivity contribution in [2.75, 3.05) is 51.1 Å². The van der Waals surface area contributed by atoms with E-state index in [0.29, 0.717) is 13.2 Å². The molecule has 3 aromatic rings. The Bertz CT molecular complexity index is 1370. The molecule has 0 heterocycles. The number of anilines is 2. The van der Waals surface area contributed by atoms with E-state index in [1.54, 1.807) is 0 Å². The molecular weight excluding hydrogens is 506 g/mol. The lowest BCUT2D eigenvalue weighted by molar-refractivity contribution is -0.458. The Balaban J connectivity index is 0.00000462. The summed E-state index contributed by atoms with van der Waals surface area (Å²) in [4.78, 5) is 20.1. The van der Waals surface area contributed by atoms with Crippen LogP contribution in [0.2, 0.25) is 0 Å². The van der Waals surface area contributed by atoms with Crippen molar-refractivity contribution in [3.8, 4) is 0 Å². The van der Waals surface area contributed by atoms with Crippen LogP contribution < -0.4 is 14.8 Å². The second kappa shape index (κ2) is 13.5. The molecule has 1 aliphatic carbocycles. The topological polar surface area (TPSA) is 46.8 Å². The fourth-order valence-electron chi connectivity index (χ4n) is 4.67. The number of ether oxygens (including phenoxy) is 1. The van der Waals surface area contributed by atoms with Gasteiger partial charge in [0.1, 0.15) is 6.61 Å². The van der Waals surface area contributed by atoms with Crippen LogP contribution in [-0.2, 0) is 9.53 Å². The molecule has 0 spiro atoms. The zero-order valence-electron chi connectivity index (χ0n) is 24.9. The van der Waals surface area contributed by atoms with Crippen LogP contribution in [-0.4, -0.2) is 53.0 Å². The molecule has 5 heteroatoms. The Morgan fingerprint density at radius 3 is 1.78 bits per heavy atom. The minimum Gasteiger partial charge on any atom is -0.459 e. The first-order chi connectivity index (χ1) is 19.1. The third-order valence-electron chi connectivity index (χ3n) is 7.63. The highest BCUT2D eigenvalue weighted by Crippen LogP contribution is 2.37. The van der Waals surface area contributed by atoms with Crippen LogP contribution >= 0.6 is 0 Å². The average molecular weight is 553 g/mol. The summed E-state index contributed by atoms with van der Waals surface area (Å²) in [7, 11) is 8.24. The maximum atomic E-state index is 12.4. The van der Waals surface area contributed by atoms with Crippen LogP contribution in [0, 0.1) is 5.41 Å². The molecule has 0 fully saturated rings. The first kappa shape index (κ1) is 31.4. The molecule has 0 unspecified atom stereocenters. The number of benzene rings is 3. The number of carbonyl (C=O) groups is 1. The molecule has 5 nitrogen and oxygen atoms in total. The zero-order valence-corrected chi connectivity index (χ0v) is 24.9. The number of allylic oxidation sites excluding steroid dienone is 3. The third kappa shape index (κ3) is 7.15. The SMILES string of the molecule is C.CCC(C)(C)C(=O)OCC[NH+]=C1C=CC(=C(c2ccc(N(C)C)cc2)c2ccc(N(C)C)cc2)c2ccccc21. The number of hydrogen-bond acceptors (Lipinski definition) is 4. The zero-order chi connectivity index (χ0) is 28.9. The molecule has 0 bridgehead atoms. The average Bonchev–Trinajstić information content (AvgIpc) is 2.96. The summed E-state index contributed by atoms with van der Waals surface area (Å²) in [5, 5.41) is 0. The first-order valence-corrected chi connectivity index (χ1v) is 14.0. The Labute approximate surface area is 246 Å². The van der Waals surface area contributed by atoms with Gasteiger partial charge >= 0.3 is 5.97 Å². The van der Waals surface area contributed by atoms with E-state index >= 15 is 0 Å². The monoisotopic (exact) mass is 552 g/mol. The van der Waals surface area contributed by atoms with E-state index in [4.69, 9.17) is 4.74 Å².